The van der Waals surface area contributed by atoms with Crippen molar-refractivity contribution in [2.24, 2.45) is 0 Å². The molecule has 0 saturated carbocycles. The van der Waals surface area contributed by atoms with Crippen LogP contribution in [0.15, 0.2) is 53.2 Å². The summed E-state index contributed by atoms with van der Waals surface area (Å²) in [7, 11) is 0. The summed E-state index contributed by atoms with van der Waals surface area (Å²) < 4.78 is 5.64. The summed E-state index contributed by atoms with van der Waals surface area (Å²) in [4.78, 5) is 15.1. The highest BCUT2D eigenvalue weighted by molar-refractivity contribution is 5.96. The molecule has 3 aromatic rings. The van der Waals surface area contributed by atoms with Crippen molar-refractivity contribution < 1.29 is 14.3 Å². The van der Waals surface area contributed by atoms with Crippen molar-refractivity contribution in [3.63, 3.8) is 0 Å². The summed E-state index contributed by atoms with van der Waals surface area (Å²) in [6.07, 6.45) is 2.96. The first-order chi connectivity index (χ1) is 8.75. The minimum absolute atomic E-state index is 0.184. The zero-order valence-electron chi connectivity index (χ0n) is 9.33. The van der Waals surface area contributed by atoms with Crippen LogP contribution in [0, 0.1) is 0 Å². The molecule has 0 atom stereocenters. The first kappa shape index (κ1) is 10.5. The van der Waals surface area contributed by atoms with E-state index in [0.29, 0.717) is 11.3 Å². The molecule has 3 rings (SSSR count). The molecule has 0 unspecified atom stereocenters. The van der Waals surface area contributed by atoms with Gasteiger partial charge in [0.25, 0.3) is 0 Å². The molecule has 0 bridgehead atoms. The molecule has 4 nitrogen and oxygen atoms in total. The van der Waals surface area contributed by atoms with Crippen LogP contribution in [0.25, 0.3) is 22.3 Å². The van der Waals surface area contributed by atoms with E-state index in [-0.39, 0.29) is 5.56 Å². The van der Waals surface area contributed by atoms with Crippen LogP contribution in [0.2, 0.25) is 0 Å². The van der Waals surface area contributed by atoms with Gasteiger partial charge in [-0.3, -0.25) is 4.98 Å². The van der Waals surface area contributed by atoms with Crippen molar-refractivity contribution in [1.29, 1.82) is 0 Å². The SMILES string of the molecule is O=C(O)c1ccncc1-c1cc2ccccc2o1. The van der Waals surface area contributed by atoms with Crippen molar-refractivity contribution in [3.05, 3.63) is 54.4 Å². The summed E-state index contributed by atoms with van der Waals surface area (Å²) >= 11 is 0. The number of rotatable bonds is 2. The number of aromatic nitrogens is 1. The van der Waals surface area contributed by atoms with E-state index in [9.17, 15) is 4.79 Å². The Balaban J connectivity index is 2.23. The molecule has 2 heterocycles. The van der Waals surface area contributed by atoms with Crippen LogP contribution in [0.5, 0.6) is 0 Å². The molecule has 0 spiro atoms. The molecule has 0 aliphatic heterocycles. The maximum Gasteiger partial charge on any atom is 0.336 e. The van der Waals surface area contributed by atoms with Crippen molar-refractivity contribution in [3.8, 4) is 11.3 Å². The lowest BCUT2D eigenvalue weighted by molar-refractivity contribution is 0.0697. The number of fused-ring (bicyclic) bond motifs is 1. The van der Waals surface area contributed by atoms with E-state index in [4.69, 9.17) is 9.52 Å². The average molecular weight is 239 g/mol. The molecule has 0 aliphatic rings. The number of carbonyl (C=O) groups is 1. The summed E-state index contributed by atoms with van der Waals surface area (Å²) in [5.74, 6) is -0.477. The van der Waals surface area contributed by atoms with Gasteiger partial charge in [-0.05, 0) is 18.2 Å². The molecule has 4 heteroatoms. The Hall–Kier alpha value is -2.62. The number of carboxylic acids is 1. The lowest BCUT2D eigenvalue weighted by Gasteiger charge is -2.00. The van der Waals surface area contributed by atoms with Gasteiger partial charge in [-0.1, -0.05) is 18.2 Å². The number of carboxylic acid groups (broad SMARTS) is 1. The number of benzene rings is 1. The van der Waals surface area contributed by atoms with E-state index in [1.165, 1.54) is 18.5 Å². The highest BCUT2D eigenvalue weighted by Crippen LogP contribution is 2.29. The van der Waals surface area contributed by atoms with Gasteiger partial charge in [0.1, 0.15) is 11.3 Å². The van der Waals surface area contributed by atoms with Crippen LogP contribution in [-0.2, 0) is 0 Å². The molecular formula is C14H9NO3. The van der Waals surface area contributed by atoms with E-state index in [0.717, 1.165) is 11.0 Å². The predicted molar refractivity (Wildman–Crippen MR) is 66.4 cm³/mol. The molecule has 1 aromatic carbocycles. The standard InChI is InChI=1S/C14H9NO3/c16-14(17)10-5-6-15-8-11(10)13-7-9-3-1-2-4-12(9)18-13/h1-8H,(H,16,17). The lowest BCUT2D eigenvalue weighted by Crippen LogP contribution is -1.99. The Morgan fingerprint density at radius 1 is 1.22 bits per heavy atom. The molecular weight excluding hydrogens is 230 g/mol. The summed E-state index contributed by atoms with van der Waals surface area (Å²) in [5.41, 5.74) is 1.40. The van der Waals surface area contributed by atoms with Gasteiger partial charge in [-0.2, -0.15) is 0 Å². The smallest absolute Gasteiger partial charge is 0.336 e. The first-order valence-electron chi connectivity index (χ1n) is 5.42. The molecule has 2 aromatic heterocycles. The van der Waals surface area contributed by atoms with Crippen LogP contribution in [-0.4, -0.2) is 16.1 Å². The van der Waals surface area contributed by atoms with E-state index in [2.05, 4.69) is 4.98 Å². The second kappa shape index (κ2) is 4.00. The fourth-order valence-corrected chi connectivity index (χ4v) is 1.89. The Labute approximate surface area is 103 Å². The van der Waals surface area contributed by atoms with Crippen molar-refractivity contribution in [2.45, 2.75) is 0 Å². The number of nitrogens with zero attached hydrogens (tertiary/aromatic N) is 1. The van der Waals surface area contributed by atoms with Crippen molar-refractivity contribution in [1.82, 2.24) is 4.98 Å². The number of hydrogen-bond donors (Lipinski definition) is 1. The Bertz CT molecular complexity index is 697. The Kier molecular flexibility index (Phi) is 2.34. The normalized spacial score (nSPS) is 10.7. The maximum absolute atomic E-state index is 11.1. The minimum atomic E-state index is -0.993. The monoisotopic (exact) mass is 239 g/mol. The van der Waals surface area contributed by atoms with E-state index in [1.807, 2.05) is 30.3 Å². The fraction of sp³-hybridized carbons (Fsp3) is 0. The van der Waals surface area contributed by atoms with Gasteiger partial charge < -0.3 is 9.52 Å². The number of furan rings is 1. The van der Waals surface area contributed by atoms with Crippen LogP contribution >= 0.6 is 0 Å². The van der Waals surface area contributed by atoms with Gasteiger partial charge in [0, 0.05) is 17.8 Å². The molecule has 0 saturated heterocycles. The molecule has 0 fully saturated rings. The zero-order valence-corrected chi connectivity index (χ0v) is 9.33. The van der Waals surface area contributed by atoms with Gasteiger partial charge in [0.05, 0.1) is 11.1 Å². The topological polar surface area (TPSA) is 63.3 Å². The number of pyridine rings is 1. The van der Waals surface area contributed by atoms with E-state index in [1.54, 1.807) is 0 Å². The second-order valence-corrected chi connectivity index (χ2v) is 3.87. The van der Waals surface area contributed by atoms with Crippen LogP contribution in [0.3, 0.4) is 0 Å². The minimum Gasteiger partial charge on any atom is -0.478 e. The van der Waals surface area contributed by atoms with Gasteiger partial charge >= 0.3 is 5.97 Å². The molecule has 0 aliphatic carbocycles. The number of hydrogen-bond acceptors (Lipinski definition) is 3. The first-order valence-corrected chi connectivity index (χ1v) is 5.42. The third-order valence-corrected chi connectivity index (χ3v) is 2.74. The quantitative estimate of drug-likeness (QED) is 0.745. The summed E-state index contributed by atoms with van der Waals surface area (Å²) in [6, 6.07) is 10.8. The highest BCUT2D eigenvalue weighted by atomic mass is 16.4. The van der Waals surface area contributed by atoms with E-state index >= 15 is 0 Å². The maximum atomic E-state index is 11.1. The third kappa shape index (κ3) is 1.64. The van der Waals surface area contributed by atoms with Crippen molar-refractivity contribution in [2.75, 3.05) is 0 Å². The van der Waals surface area contributed by atoms with Crippen LogP contribution in [0.1, 0.15) is 10.4 Å². The summed E-state index contributed by atoms with van der Waals surface area (Å²) in [5, 5.41) is 10.1. The molecule has 1 N–H and O–H groups in total. The second-order valence-electron chi connectivity index (χ2n) is 3.87. The van der Waals surface area contributed by atoms with Crippen LogP contribution < -0.4 is 0 Å². The molecule has 0 radical (unpaired) electrons. The highest BCUT2D eigenvalue weighted by Gasteiger charge is 2.14. The van der Waals surface area contributed by atoms with Crippen molar-refractivity contribution >= 4 is 16.9 Å². The average Bonchev–Trinajstić information content (AvgIpc) is 2.82. The number of para-hydroxylation sites is 1. The van der Waals surface area contributed by atoms with Gasteiger partial charge in [0.2, 0.25) is 0 Å². The zero-order chi connectivity index (χ0) is 12.5. The van der Waals surface area contributed by atoms with Crippen LogP contribution in [0.4, 0.5) is 0 Å². The summed E-state index contributed by atoms with van der Waals surface area (Å²) in [6.45, 7) is 0. The Morgan fingerprint density at radius 3 is 2.83 bits per heavy atom. The molecule has 88 valence electrons. The molecule has 0 amide bonds. The van der Waals surface area contributed by atoms with E-state index < -0.39 is 5.97 Å². The fourth-order valence-electron chi connectivity index (χ4n) is 1.89. The lowest BCUT2D eigenvalue weighted by atomic mass is 10.1. The third-order valence-electron chi connectivity index (χ3n) is 2.74. The van der Waals surface area contributed by atoms with Gasteiger partial charge in [-0.15, -0.1) is 0 Å². The number of aromatic carboxylic acids is 1. The van der Waals surface area contributed by atoms with Gasteiger partial charge in [0.15, 0.2) is 0 Å². The largest absolute Gasteiger partial charge is 0.478 e. The predicted octanol–water partition coefficient (Wildman–Crippen LogP) is 3.19. The Morgan fingerprint density at radius 2 is 2.06 bits per heavy atom. The molecule has 18 heavy (non-hydrogen) atoms. The van der Waals surface area contributed by atoms with Gasteiger partial charge in [-0.25, -0.2) is 4.79 Å².